The number of barbiturate groups is 1. The normalized spacial score (nSPS) is 18.6. The lowest BCUT2D eigenvalue weighted by Crippen LogP contribution is -2.71. The number of carbonyl (C=O) groups is 3. The van der Waals surface area contributed by atoms with Crippen molar-refractivity contribution in [1.29, 1.82) is 0 Å². The number of aromatic nitrogens is 2. The number of fused-ring (bicyclic) bond motifs is 1. The summed E-state index contributed by atoms with van der Waals surface area (Å²) in [5.74, 6) is -0.135. The molecule has 2 fully saturated rings. The molecule has 5 heterocycles. The molecule has 182 valence electrons. The summed E-state index contributed by atoms with van der Waals surface area (Å²) in [6.07, 6.45) is 8.13. The number of rotatable bonds is 4. The quantitative estimate of drug-likeness (QED) is 0.543. The predicted molar refractivity (Wildman–Crippen MR) is 131 cm³/mol. The predicted octanol–water partition coefficient (Wildman–Crippen LogP) is 3.06. The number of nitrogens with zero attached hydrogens (tertiary/aromatic N) is 4. The van der Waals surface area contributed by atoms with Gasteiger partial charge in [0.05, 0.1) is 29.5 Å². The van der Waals surface area contributed by atoms with Crippen LogP contribution in [0.25, 0.3) is 0 Å². The molecule has 0 unspecified atom stereocenters. The summed E-state index contributed by atoms with van der Waals surface area (Å²) in [4.78, 5) is 49.7. The molecule has 0 atom stereocenters. The molecule has 0 saturated carbocycles. The van der Waals surface area contributed by atoms with E-state index in [-0.39, 0.29) is 0 Å². The van der Waals surface area contributed by atoms with Crippen LogP contribution in [-0.4, -0.2) is 46.4 Å². The second kappa shape index (κ2) is 8.63. The van der Waals surface area contributed by atoms with Crippen molar-refractivity contribution in [2.24, 2.45) is 0 Å². The van der Waals surface area contributed by atoms with Crippen LogP contribution in [-0.2, 0) is 16.0 Å². The number of hydrogen-bond acceptors (Lipinski definition) is 8. The topological polar surface area (TPSA) is 117 Å². The van der Waals surface area contributed by atoms with Gasteiger partial charge in [-0.3, -0.25) is 25.2 Å². The lowest BCUT2D eigenvalue weighted by atomic mass is 9.92. The fraction of sp³-hybridized carbons (Fsp3) is 0.269. The van der Waals surface area contributed by atoms with E-state index in [1.54, 1.807) is 29.4 Å². The fourth-order valence-electron chi connectivity index (χ4n) is 5.36. The lowest BCUT2D eigenvalue weighted by Gasteiger charge is -2.38. The van der Waals surface area contributed by atoms with Crippen LogP contribution in [0.15, 0.2) is 61.1 Å². The minimum absolute atomic E-state index is 0.316. The molecule has 0 aliphatic carbocycles. The Morgan fingerprint density at radius 1 is 0.889 bits per heavy atom. The molecule has 36 heavy (non-hydrogen) atoms. The first-order chi connectivity index (χ1) is 17.6. The number of urea groups is 1. The molecule has 3 aliphatic heterocycles. The summed E-state index contributed by atoms with van der Waals surface area (Å²) < 4.78 is 6.24. The number of nitrogens with one attached hydrogen (secondary N) is 2. The number of aryl methyl sites for hydroxylation is 1. The summed E-state index contributed by atoms with van der Waals surface area (Å²) in [5.41, 5.74) is 2.34. The van der Waals surface area contributed by atoms with Gasteiger partial charge in [0.25, 0.3) is 11.8 Å². The molecular formula is C26H24N6O4. The van der Waals surface area contributed by atoms with Gasteiger partial charge < -0.3 is 14.5 Å². The highest BCUT2D eigenvalue weighted by Gasteiger charge is 2.57. The van der Waals surface area contributed by atoms with E-state index in [2.05, 4.69) is 31.6 Å². The van der Waals surface area contributed by atoms with Crippen molar-refractivity contribution >= 4 is 34.9 Å². The molecule has 2 saturated heterocycles. The first-order valence-electron chi connectivity index (χ1n) is 11.9. The molecule has 10 heteroatoms. The highest BCUT2D eigenvalue weighted by molar-refractivity contribution is 6.24. The number of anilines is 3. The number of carbonyl (C=O) groups excluding carboxylic acids is 3. The Morgan fingerprint density at radius 2 is 1.75 bits per heavy atom. The molecular weight excluding hydrogens is 460 g/mol. The molecule has 6 rings (SSSR count). The van der Waals surface area contributed by atoms with Crippen molar-refractivity contribution < 1.29 is 19.1 Å². The summed E-state index contributed by atoms with van der Waals surface area (Å²) >= 11 is 0. The van der Waals surface area contributed by atoms with Crippen LogP contribution in [0.1, 0.15) is 24.8 Å². The Hall–Kier alpha value is -4.47. The lowest BCUT2D eigenvalue weighted by molar-refractivity contribution is -0.137. The van der Waals surface area contributed by atoms with Gasteiger partial charge in [-0.15, -0.1) is 0 Å². The molecule has 10 nitrogen and oxygen atoms in total. The smallest absolute Gasteiger partial charge is 0.328 e. The molecule has 0 bridgehead atoms. The van der Waals surface area contributed by atoms with Gasteiger partial charge in [-0.2, -0.15) is 0 Å². The third kappa shape index (κ3) is 3.53. The van der Waals surface area contributed by atoms with Crippen LogP contribution < -0.4 is 25.2 Å². The van der Waals surface area contributed by atoms with Crippen LogP contribution in [0.5, 0.6) is 11.6 Å². The molecule has 2 aromatic heterocycles. The van der Waals surface area contributed by atoms with Gasteiger partial charge in [0, 0.05) is 25.4 Å². The van der Waals surface area contributed by atoms with E-state index in [4.69, 9.17) is 4.74 Å². The first-order valence-corrected chi connectivity index (χ1v) is 11.9. The van der Waals surface area contributed by atoms with Crippen LogP contribution >= 0.6 is 0 Å². The zero-order valence-electron chi connectivity index (χ0n) is 19.4. The van der Waals surface area contributed by atoms with E-state index in [0.29, 0.717) is 36.7 Å². The number of pyridine rings is 2. The van der Waals surface area contributed by atoms with E-state index in [9.17, 15) is 14.4 Å². The Bertz CT molecular complexity index is 1320. The van der Waals surface area contributed by atoms with Gasteiger partial charge in [0.15, 0.2) is 11.3 Å². The zero-order chi connectivity index (χ0) is 24.7. The van der Waals surface area contributed by atoms with Crippen LogP contribution in [0.3, 0.4) is 0 Å². The monoisotopic (exact) mass is 484 g/mol. The summed E-state index contributed by atoms with van der Waals surface area (Å²) in [6.45, 7) is 1.35. The summed E-state index contributed by atoms with van der Waals surface area (Å²) in [7, 11) is 0. The largest absolute Gasteiger partial charge is 0.437 e. The minimum atomic E-state index is -1.46. The standard InChI is InChI=1S/C26H24N6O4/c33-23-26(24(34)30-25(35)29-23)11-4-14-32(26)19-9-10-21(28-16-19)36-20-8-1-5-17-6-3-13-31(22(17)20)18-7-2-12-27-15-18/h1-2,5,7-10,12,15-16H,3-4,6,11,13-14H2,(H2,29,30,33,34,35). The van der Waals surface area contributed by atoms with Crippen LogP contribution in [0.4, 0.5) is 21.9 Å². The fourth-order valence-corrected chi connectivity index (χ4v) is 5.36. The average Bonchev–Trinajstić information content (AvgIpc) is 3.35. The highest BCUT2D eigenvalue weighted by Crippen LogP contribution is 2.42. The van der Waals surface area contributed by atoms with Crippen molar-refractivity contribution in [2.45, 2.75) is 31.2 Å². The van der Waals surface area contributed by atoms with Crippen molar-refractivity contribution in [3.05, 3.63) is 66.6 Å². The Balaban J connectivity index is 1.28. The molecule has 3 aromatic rings. The van der Waals surface area contributed by atoms with Crippen molar-refractivity contribution in [1.82, 2.24) is 20.6 Å². The number of ether oxygens (including phenoxy) is 1. The maximum absolute atomic E-state index is 12.7. The van der Waals surface area contributed by atoms with Crippen LogP contribution in [0, 0.1) is 0 Å². The van der Waals surface area contributed by atoms with Gasteiger partial charge >= 0.3 is 6.03 Å². The maximum Gasteiger partial charge on any atom is 0.328 e. The first kappa shape index (κ1) is 22.0. The van der Waals surface area contributed by atoms with Crippen molar-refractivity contribution in [3.8, 4) is 11.6 Å². The zero-order valence-corrected chi connectivity index (χ0v) is 19.4. The number of benzene rings is 1. The van der Waals surface area contributed by atoms with Crippen molar-refractivity contribution in [3.63, 3.8) is 0 Å². The molecule has 4 amide bonds. The Kier molecular flexibility index (Phi) is 5.28. The number of amides is 4. The number of para-hydroxylation sites is 1. The van der Waals surface area contributed by atoms with E-state index in [1.165, 1.54) is 5.56 Å². The average molecular weight is 485 g/mol. The van der Waals surface area contributed by atoms with E-state index < -0.39 is 23.4 Å². The Morgan fingerprint density at radius 3 is 2.50 bits per heavy atom. The van der Waals surface area contributed by atoms with Gasteiger partial charge in [0.2, 0.25) is 5.88 Å². The molecule has 1 spiro atoms. The summed E-state index contributed by atoms with van der Waals surface area (Å²) in [5, 5.41) is 4.45. The Labute approximate surface area is 207 Å². The SMILES string of the molecule is O=C1NC(=O)C2(CCCN2c2ccc(Oc3cccc4c3N(c3cccnc3)CCC4)nc2)C(=O)N1. The second-order valence-corrected chi connectivity index (χ2v) is 9.04. The molecule has 2 N–H and O–H groups in total. The molecule has 1 aromatic carbocycles. The third-order valence-electron chi connectivity index (χ3n) is 6.97. The molecule has 3 aliphatic rings. The van der Waals surface area contributed by atoms with Crippen molar-refractivity contribution in [2.75, 3.05) is 22.9 Å². The van der Waals surface area contributed by atoms with Crippen LogP contribution in [0.2, 0.25) is 0 Å². The number of imide groups is 2. The number of hydrogen-bond donors (Lipinski definition) is 2. The third-order valence-corrected chi connectivity index (χ3v) is 6.97. The van der Waals surface area contributed by atoms with Gasteiger partial charge in [0.1, 0.15) is 0 Å². The highest BCUT2D eigenvalue weighted by atomic mass is 16.5. The maximum atomic E-state index is 12.7. The summed E-state index contributed by atoms with van der Waals surface area (Å²) in [6, 6.07) is 12.7. The van der Waals surface area contributed by atoms with Gasteiger partial charge in [-0.1, -0.05) is 12.1 Å². The van der Waals surface area contributed by atoms with E-state index in [0.717, 1.165) is 30.8 Å². The van der Waals surface area contributed by atoms with E-state index >= 15 is 0 Å². The van der Waals surface area contributed by atoms with Gasteiger partial charge in [-0.05, 0) is 55.5 Å². The van der Waals surface area contributed by atoms with E-state index in [1.807, 2.05) is 30.5 Å². The molecule has 0 radical (unpaired) electrons. The second-order valence-electron chi connectivity index (χ2n) is 9.04. The minimum Gasteiger partial charge on any atom is -0.437 e. The van der Waals surface area contributed by atoms with Gasteiger partial charge in [-0.25, -0.2) is 9.78 Å².